The summed E-state index contributed by atoms with van der Waals surface area (Å²) in [6.45, 7) is 8.24. The number of nitrogens with two attached hydrogens (primary N) is 2. The zero-order valence-corrected chi connectivity index (χ0v) is 16.8. The highest BCUT2D eigenvalue weighted by atomic mass is 16.8. The molecule has 2 aromatic heterocycles. The number of nitrogen functional groups attached to an aromatic ring is 1. The quantitative estimate of drug-likeness (QED) is 0.717. The molecule has 0 amide bonds. The second-order valence-corrected chi connectivity index (χ2v) is 8.27. The number of aromatic nitrogens is 4. The van der Waals surface area contributed by atoms with Gasteiger partial charge in [-0.1, -0.05) is 6.92 Å². The Morgan fingerprint density at radius 3 is 2.75 bits per heavy atom. The molecule has 2 aliphatic rings. The van der Waals surface area contributed by atoms with E-state index in [0.717, 1.165) is 6.54 Å². The van der Waals surface area contributed by atoms with Crippen LogP contribution in [0.2, 0.25) is 0 Å². The highest BCUT2D eigenvalue weighted by Crippen LogP contribution is 2.44. The lowest BCUT2D eigenvalue weighted by atomic mass is 10.1. The van der Waals surface area contributed by atoms with Crippen LogP contribution in [0.25, 0.3) is 11.2 Å². The van der Waals surface area contributed by atoms with Crippen molar-refractivity contribution < 1.29 is 14.2 Å². The molecule has 5 atom stereocenters. The normalized spacial score (nSPS) is 30.2. The maximum atomic E-state index is 6.40. The number of imidazole rings is 1. The maximum Gasteiger partial charge on any atom is 0.167 e. The van der Waals surface area contributed by atoms with E-state index >= 15 is 0 Å². The van der Waals surface area contributed by atoms with E-state index in [1.54, 1.807) is 6.33 Å². The number of hydrogen-bond acceptors (Lipinski definition) is 9. The summed E-state index contributed by atoms with van der Waals surface area (Å²) < 4.78 is 20.6. The van der Waals surface area contributed by atoms with Gasteiger partial charge in [0, 0.05) is 13.1 Å². The average Bonchev–Trinajstić information content (AvgIpc) is 3.27. The van der Waals surface area contributed by atoms with Crippen LogP contribution in [0.15, 0.2) is 12.7 Å². The average molecular weight is 391 g/mol. The van der Waals surface area contributed by atoms with E-state index < -0.39 is 12.0 Å². The van der Waals surface area contributed by atoms with Gasteiger partial charge in [-0.25, -0.2) is 15.0 Å². The van der Waals surface area contributed by atoms with Gasteiger partial charge in [0.1, 0.15) is 30.2 Å². The van der Waals surface area contributed by atoms with E-state index in [0.29, 0.717) is 36.0 Å². The molecule has 2 aliphatic heterocycles. The third-order valence-corrected chi connectivity index (χ3v) is 5.30. The second kappa shape index (κ2) is 7.20. The summed E-state index contributed by atoms with van der Waals surface area (Å²) in [5.74, 6) is 0.0741. The van der Waals surface area contributed by atoms with Crippen LogP contribution in [0.5, 0.6) is 0 Å². The minimum Gasteiger partial charge on any atom is -0.382 e. The molecule has 154 valence electrons. The molecule has 5 unspecified atom stereocenters. The van der Waals surface area contributed by atoms with E-state index in [1.165, 1.54) is 6.33 Å². The molecule has 2 saturated heterocycles. The predicted molar refractivity (Wildman–Crippen MR) is 103 cm³/mol. The smallest absolute Gasteiger partial charge is 0.167 e. The number of likely N-dealkylation sites (N-methyl/N-ethyl adjacent to an activating group) is 1. The monoisotopic (exact) mass is 391 g/mol. The summed E-state index contributed by atoms with van der Waals surface area (Å²) in [6.07, 6.45) is 2.09. The van der Waals surface area contributed by atoms with Gasteiger partial charge >= 0.3 is 0 Å². The fourth-order valence-electron chi connectivity index (χ4n) is 4.07. The predicted octanol–water partition coefficient (Wildman–Crippen LogP) is 0.353. The van der Waals surface area contributed by atoms with E-state index in [4.69, 9.17) is 25.7 Å². The summed E-state index contributed by atoms with van der Waals surface area (Å²) in [5, 5.41) is 0. The van der Waals surface area contributed by atoms with Crippen LogP contribution in [0.1, 0.15) is 27.0 Å². The second-order valence-electron chi connectivity index (χ2n) is 8.27. The van der Waals surface area contributed by atoms with Crippen LogP contribution in [0.3, 0.4) is 0 Å². The molecule has 0 aromatic carbocycles. The Kier molecular flexibility index (Phi) is 5.00. The number of ether oxygens (including phenoxy) is 3. The van der Waals surface area contributed by atoms with Crippen LogP contribution in [-0.2, 0) is 14.2 Å². The number of nitrogens with zero attached hydrogens (tertiary/aromatic N) is 5. The number of fused-ring (bicyclic) bond motifs is 2. The highest BCUT2D eigenvalue weighted by Gasteiger charge is 2.56. The SMILES string of the molecule is CC(CN)CN(C)CC1OC(n2cnc3c(N)ncnc32)C2OC(C)(C)OC12. The first-order valence-electron chi connectivity index (χ1n) is 9.62. The van der Waals surface area contributed by atoms with Gasteiger partial charge in [0.15, 0.2) is 23.5 Å². The number of hydrogen-bond donors (Lipinski definition) is 2. The summed E-state index contributed by atoms with van der Waals surface area (Å²) >= 11 is 0. The third-order valence-electron chi connectivity index (χ3n) is 5.30. The zero-order chi connectivity index (χ0) is 20.1. The van der Waals surface area contributed by atoms with Crippen molar-refractivity contribution in [3.8, 4) is 0 Å². The Bertz CT molecular complexity index is 842. The first-order valence-corrected chi connectivity index (χ1v) is 9.62. The molecular formula is C18H29N7O3. The molecule has 4 heterocycles. The van der Waals surface area contributed by atoms with E-state index in [9.17, 15) is 0 Å². The Balaban J connectivity index is 1.60. The van der Waals surface area contributed by atoms with Crippen LogP contribution in [0.4, 0.5) is 5.82 Å². The van der Waals surface area contributed by atoms with Gasteiger partial charge < -0.3 is 30.6 Å². The van der Waals surface area contributed by atoms with Gasteiger partial charge in [0.05, 0.1) is 6.33 Å². The summed E-state index contributed by atoms with van der Waals surface area (Å²) in [5.41, 5.74) is 12.9. The van der Waals surface area contributed by atoms with Gasteiger partial charge in [-0.2, -0.15) is 0 Å². The number of anilines is 1. The van der Waals surface area contributed by atoms with Crippen LogP contribution in [0, 0.1) is 5.92 Å². The van der Waals surface area contributed by atoms with E-state index in [-0.39, 0.29) is 18.3 Å². The fourth-order valence-corrected chi connectivity index (χ4v) is 4.07. The van der Waals surface area contributed by atoms with Gasteiger partial charge in [0.25, 0.3) is 0 Å². The zero-order valence-electron chi connectivity index (χ0n) is 16.8. The van der Waals surface area contributed by atoms with Crippen LogP contribution >= 0.6 is 0 Å². The lowest BCUT2D eigenvalue weighted by Gasteiger charge is -2.28. The van der Waals surface area contributed by atoms with Gasteiger partial charge in [-0.05, 0) is 33.4 Å². The fraction of sp³-hybridized carbons (Fsp3) is 0.722. The van der Waals surface area contributed by atoms with Crippen molar-refractivity contribution in [2.24, 2.45) is 11.7 Å². The minimum absolute atomic E-state index is 0.150. The van der Waals surface area contributed by atoms with Crippen LogP contribution in [-0.4, -0.2) is 75.2 Å². The summed E-state index contributed by atoms with van der Waals surface area (Å²) in [6, 6.07) is 0. The third kappa shape index (κ3) is 3.46. The Morgan fingerprint density at radius 2 is 2.00 bits per heavy atom. The molecule has 2 aromatic rings. The molecular weight excluding hydrogens is 362 g/mol. The van der Waals surface area contributed by atoms with E-state index in [2.05, 4.69) is 33.8 Å². The van der Waals surface area contributed by atoms with Gasteiger partial charge in [-0.3, -0.25) is 4.57 Å². The molecule has 0 radical (unpaired) electrons. The molecule has 0 saturated carbocycles. The molecule has 0 aliphatic carbocycles. The van der Waals surface area contributed by atoms with Crippen molar-refractivity contribution >= 4 is 17.0 Å². The summed E-state index contributed by atoms with van der Waals surface area (Å²) in [7, 11) is 2.07. The first-order chi connectivity index (χ1) is 13.3. The van der Waals surface area contributed by atoms with Crippen molar-refractivity contribution in [3.63, 3.8) is 0 Å². The Labute approximate surface area is 164 Å². The Hall–Kier alpha value is -1.85. The standard InChI is InChI=1S/C18H29N7O3/c1-10(5-19)6-24(4)7-11-13-14(28-18(2,3)27-13)17(26-11)25-9-23-12-15(20)21-8-22-16(12)25/h8-11,13-14,17H,5-7,19H2,1-4H3,(H2,20,21,22). The molecule has 0 spiro atoms. The van der Waals surface area contributed by atoms with E-state index in [1.807, 2.05) is 18.4 Å². The molecule has 2 fully saturated rings. The lowest BCUT2D eigenvalue weighted by molar-refractivity contribution is -0.197. The number of rotatable bonds is 6. The van der Waals surface area contributed by atoms with Crippen molar-refractivity contribution in [1.29, 1.82) is 0 Å². The van der Waals surface area contributed by atoms with Gasteiger partial charge in [-0.15, -0.1) is 0 Å². The summed E-state index contributed by atoms with van der Waals surface area (Å²) in [4.78, 5) is 14.9. The highest BCUT2D eigenvalue weighted by molar-refractivity contribution is 5.81. The minimum atomic E-state index is -0.677. The molecule has 10 heteroatoms. The van der Waals surface area contributed by atoms with Gasteiger partial charge in [0.2, 0.25) is 0 Å². The molecule has 4 rings (SSSR count). The first kappa shape index (κ1) is 19.5. The van der Waals surface area contributed by atoms with Crippen molar-refractivity contribution in [3.05, 3.63) is 12.7 Å². The molecule has 4 N–H and O–H groups in total. The topological polar surface area (TPSA) is 127 Å². The van der Waals surface area contributed by atoms with Crippen LogP contribution < -0.4 is 11.5 Å². The lowest BCUT2D eigenvalue weighted by Crippen LogP contribution is -2.40. The van der Waals surface area contributed by atoms with Crippen molar-refractivity contribution in [2.45, 2.75) is 51.1 Å². The molecule has 10 nitrogen and oxygen atoms in total. The van der Waals surface area contributed by atoms with Crippen molar-refractivity contribution in [1.82, 2.24) is 24.4 Å². The largest absolute Gasteiger partial charge is 0.382 e. The molecule has 28 heavy (non-hydrogen) atoms. The molecule has 0 bridgehead atoms. The van der Waals surface area contributed by atoms with Crippen molar-refractivity contribution in [2.75, 3.05) is 32.4 Å². The maximum absolute atomic E-state index is 6.40. The Morgan fingerprint density at radius 1 is 1.25 bits per heavy atom.